The largest absolute Gasteiger partial charge is 0.495 e. The van der Waals surface area contributed by atoms with E-state index in [0.717, 1.165) is 36.8 Å². The fourth-order valence-electron chi connectivity index (χ4n) is 1.51. The molecule has 0 aliphatic heterocycles. The molecule has 0 aromatic carbocycles. The zero-order valence-electron chi connectivity index (χ0n) is 9.81. The van der Waals surface area contributed by atoms with E-state index in [1.54, 1.807) is 19.5 Å². The first-order valence-corrected chi connectivity index (χ1v) is 5.60. The smallest absolute Gasteiger partial charge is 0.137 e. The van der Waals surface area contributed by atoms with Crippen LogP contribution in [0.25, 0.3) is 0 Å². The number of H-pyrrole nitrogens is 1. The lowest BCUT2D eigenvalue weighted by molar-refractivity contribution is 0.413. The van der Waals surface area contributed by atoms with Crippen molar-refractivity contribution in [3.05, 3.63) is 36.5 Å². The summed E-state index contributed by atoms with van der Waals surface area (Å²) >= 11 is 0. The van der Waals surface area contributed by atoms with Gasteiger partial charge in [-0.15, -0.1) is 0 Å². The number of imidazole rings is 1. The standard InChI is InChI=1S/C12H16N4O/c1-17-10-4-5-12(16-9-10)13-6-2-3-11-14-7-8-15-11/h4-5,7-9H,2-3,6H2,1H3,(H,13,16)(H,14,15). The summed E-state index contributed by atoms with van der Waals surface area (Å²) in [5, 5.41) is 3.25. The number of aromatic nitrogens is 3. The van der Waals surface area contributed by atoms with Gasteiger partial charge in [0.2, 0.25) is 0 Å². The van der Waals surface area contributed by atoms with Crippen LogP contribution in [-0.4, -0.2) is 28.6 Å². The molecular weight excluding hydrogens is 216 g/mol. The van der Waals surface area contributed by atoms with E-state index < -0.39 is 0 Å². The van der Waals surface area contributed by atoms with Gasteiger partial charge in [0.05, 0.1) is 13.3 Å². The van der Waals surface area contributed by atoms with Crippen LogP contribution in [0, 0.1) is 0 Å². The number of hydrogen-bond donors (Lipinski definition) is 2. The molecule has 0 fully saturated rings. The molecule has 0 bridgehead atoms. The third-order valence-corrected chi connectivity index (χ3v) is 2.42. The molecule has 0 saturated carbocycles. The van der Waals surface area contributed by atoms with Crippen LogP contribution in [0.1, 0.15) is 12.2 Å². The van der Waals surface area contributed by atoms with E-state index in [1.807, 2.05) is 18.3 Å². The lowest BCUT2D eigenvalue weighted by Crippen LogP contribution is -2.04. The number of anilines is 1. The minimum atomic E-state index is 0.770. The monoisotopic (exact) mass is 232 g/mol. The second-order valence-electron chi connectivity index (χ2n) is 3.65. The van der Waals surface area contributed by atoms with E-state index >= 15 is 0 Å². The van der Waals surface area contributed by atoms with E-state index in [9.17, 15) is 0 Å². The Hall–Kier alpha value is -2.04. The van der Waals surface area contributed by atoms with Gasteiger partial charge in [-0.1, -0.05) is 0 Å². The van der Waals surface area contributed by atoms with Gasteiger partial charge in [0.15, 0.2) is 0 Å². The highest BCUT2D eigenvalue weighted by Gasteiger charge is 1.97. The minimum Gasteiger partial charge on any atom is -0.495 e. The maximum absolute atomic E-state index is 5.04. The van der Waals surface area contributed by atoms with Gasteiger partial charge < -0.3 is 15.0 Å². The second kappa shape index (κ2) is 5.89. The molecule has 0 aliphatic rings. The van der Waals surface area contributed by atoms with Gasteiger partial charge in [-0.2, -0.15) is 0 Å². The zero-order valence-corrected chi connectivity index (χ0v) is 9.81. The third-order valence-electron chi connectivity index (χ3n) is 2.42. The molecule has 2 aromatic heterocycles. The lowest BCUT2D eigenvalue weighted by Gasteiger charge is -2.05. The Bertz CT molecular complexity index is 424. The van der Waals surface area contributed by atoms with Crippen LogP contribution in [0.5, 0.6) is 5.75 Å². The summed E-state index contributed by atoms with van der Waals surface area (Å²) in [6, 6.07) is 3.80. The third kappa shape index (κ3) is 3.48. The Morgan fingerprint density at radius 3 is 2.94 bits per heavy atom. The fraction of sp³-hybridized carbons (Fsp3) is 0.333. The Kier molecular flexibility index (Phi) is 3.96. The molecule has 0 amide bonds. The van der Waals surface area contributed by atoms with Gasteiger partial charge in [0.1, 0.15) is 17.4 Å². The average Bonchev–Trinajstić information content (AvgIpc) is 2.88. The highest BCUT2D eigenvalue weighted by atomic mass is 16.5. The van der Waals surface area contributed by atoms with Gasteiger partial charge in [-0.05, 0) is 18.6 Å². The molecule has 2 rings (SSSR count). The first kappa shape index (κ1) is 11.4. The molecule has 2 aromatic rings. The van der Waals surface area contributed by atoms with Crippen molar-refractivity contribution < 1.29 is 4.74 Å². The van der Waals surface area contributed by atoms with Gasteiger partial charge in [0, 0.05) is 25.4 Å². The number of pyridine rings is 1. The average molecular weight is 232 g/mol. The van der Waals surface area contributed by atoms with E-state index in [0.29, 0.717) is 0 Å². The molecule has 0 atom stereocenters. The highest BCUT2D eigenvalue weighted by Crippen LogP contribution is 2.11. The number of aryl methyl sites for hydroxylation is 1. The maximum atomic E-state index is 5.04. The van der Waals surface area contributed by atoms with Crippen LogP contribution in [-0.2, 0) is 6.42 Å². The topological polar surface area (TPSA) is 62.8 Å². The van der Waals surface area contributed by atoms with Crippen LogP contribution in [0.2, 0.25) is 0 Å². The van der Waals surface area contributed by atoms with E-state index in [-0.39, 0.29) is 0 Å². The van der Waals surface area contributed by atoms with Crippen LogP contribution in [0.15, 0.2) is 30.7 Å². The summed E-state index contributed by atoms with van der Waals surface area (Å²) in [5.41, 5.74) is 0. The molecule has 5 heteroatoms. The molecule has 5 nitrogen and oxygen atoms in total. The number of methoxy groups -OCH3 is 1. The van der Waals surface area contributed by atoms with Crippen molar-refractivity contribution in [2.75, 3.05) is 19.0 Å². The predicted molar refractivity (Wildman–Crippen MR) is 66.2 cm³/mol. The normalized spacial score (nSPS) is 10.2. The summed E-state index contributed by atoms with van der Waals surface area (Å²) in [5.74, 6) is 2.66. The Morgan fingerprint density at radius 2 is 2.29 bits per heavy atom. The Balaban J connectivity index is 1.70. The molecule has 0 saturated heterocycles. The van der Waals surface area contributed by atoms with Crippen molar-refractivity contribution in [2.45, 2.75) is 12.8 Å². The van der Waals surface area contributed by atoms with Crippen LogP contribution in [0.3, 0.4) is 0 Å². The molecular formula is C12H16N4O. The van der Waals surface area contributed by atoms with Gasteiger partial charge in [-0.25, -0.2) is 9.97 Å². The van der Waals surface area contributed by atoms with Crippen molar-refractivity contribution in [3.8, 4) is 5.75 Å². The summed E-state index contributed by atoms with van der Waals surface area (Å²) < 4.78 is 5.04. The van der Waals surface area contributed by atoms with Crippen molar-refractivity contribution in [2.24, 2.45) is 0 Å². The number of ether oxygens (including phenoxy) is 1. The van der Waals surface area contributed by atoms with Gasteiger partial charge in [-0.3, -0.25) is 0 Å². The number of nitrogens with one attached hydrogen (secondary N) is 2. The van der Waals surface area contributed by atoms with Gasteiger partial charge in [0.25, 0.3) is 0 Å². The predicted octanol–water partition coefficient (Wildman–Crippen LogP) is 1.86. The van der Waals surface area contributed by atoms with Crippen molar-refractivity contribution in [3.63, 3.8) is 0 Å². The first-order chi connectivity index (χ1) is 8.38. The zero-order chi connectivity index (χ0) is 11.9. The summed E-state index contributed by atoms with van der Waals surface area (Å²) in [6.07, 6.45) is 7.27. The van der Waals surface area contributed by atoms with E-state index in [4.69, 9.17) is 4.74 Å². The minimum absolute atomic E-state index is 0.770. The van der Waals surface area contributed by atoms with Crippen molar-refractivity contribution in [1.29, 1.82) is 0 Å². The van der Waals surface area contributed by atoms with Crippen LogP contribution in [0.4, 0.5) is 5.82 Å². The fourth-order valence-corrected chi connectivity index (χ4v) is 1.51. The summed E-state index contributed by atoms with van der Waals surface area (Å²) in [4.78, 5) is 11.5. The second-order valence-corrected chi connectivity index (χ2v) is 3.65. The Morgan fingerprint density at radius 1 is 1.35 bits per heavy atom. The first-order valence-electron chi connectivity index (χ1n) is 5.60. The quantitative estimate of drug-likeness (QED) is 0.746. The van der Waals surface area contributed by atoms with E-state index in [1.165, 1.54) is 0 Å². The molecule has 2 heterocycles. The number of hydrogen-bond acceptors (Lipinski definition) is 4. The molecule has 2 N–H and O–H groups in total. The van der Waals surface area contributed by atoms with Gasteiger partial charge >= 0.3 is 0 Å². The highest BCUT2D eigenvalue weighted by molar-refractivity contribution is 5.37. The molecule has 0 aliphatic carbocycles. The maximum Gasteiger partial charge on any atom is 0.137 e. The number of rotatable bonds is 6. The SMILES string of the molecule is COc1ccc(NCCCc2ncc[nH]2)nc1. The van der Waals surface area contributed by atoms with Crippen LogP contribution < -0.4 is 10.1 Å². The lowest BCUT2D eigenvalue weighted by atomic mass is 10.3. The molecule has 90 valence electrons. The molecule has 0 radical (unpaired) electrons. The Labute approximate surface area is 100 Å². The summed E-state index contributed by atoms with van der Waals surface area (Å²) in [6.45, 7) is 0.875. The number of nitrogens with zero attached hydrogens (tertiary/aromatic N) is 2. The number of aromatic amines is 1. The molecule has 17 heavy (non-hydrogen) atoms. The van der Waals surface area contributed by atoms with Crippen LogP contribution >= 0.6 is 0 Å². The van der Waals surface area contributed by atoms with E-state index in [2.05, 4.69) is 20.3 Å². The van der Waals surface area contributed by atoms with Crippen molar-refractivity contribution in [1.82, 2.24) is 15.0 Å². The molecule has 0 spiro atoms. The molecule has 0 unspecified atom stereocenters. The summed E-state index contributed by atoms with van der Waals surface area (Å²) in [7, 11) is 1.63. The van der Waals surface area contributed by atoms with Crippen molar-refractivity contribution >= 4 is 5.82 Å².